The lowest BCUT2D eigenvalue weighted by Crippen LogP contribution is -2.22. The monoisotopic (exact) mass is 142 g/mol. The van der Waals surface area contributed by atoms with E-state index in [-0.39, 0.29) is 12.3 Å². The maximum atomic E-state index is 10.8. The summed E-state index contributed by atoms with van der Waals surface area (Å²) in [7, 11) is 0. The number of Topliss-reactive ketones (excluding diaryl/α,β-unsaturated/α-hetero) is 1. The molecule has 1 fully saturated rings. The second-order valence-corrected chi connectivity index (χ2v) is 2.47. The van der Waals surface area contributed by atoms with Crippen molar-refractivity contribution in [2.75, 3.05) is 13.1 Å². The second kappa shape index (κ2) is 3.29. The molecule has 10 heavy (non-hydrogen) atoms. The van der Waals surface area contributed by atoms with Gasteiger partial charge in [0.2, 0.25) is 0 Å². The van der Waals surface area contributed by atoms with Crippen molar-refractivity contribution in [2.24, 2.45) is 5.29 Å². The molecule has 4 nitrogen and oxygen atoms in total. The molecule has 0 aromatic heterocycles. The molecule has 0 aromatic rings. The van der Waals surface area contributed by atoms with Crippen LogP contribution in [0.5, 0.6) is 0 Å². The lowest BCUT2D eigenvalue weighted by molar-refractivity contribution is -0.119. The molecule has 0 atom stereocenters. The van der Waals surface area contributed by atoms with Gasteiger partial charge in [-0.1, -0.05) is 0 Å². The first-order chi connectivity index (χ1) is 4.83. The molecule has 0 unspecified atom stereocenters. The molecule has 0 aromatic carbocycles. The van der Waals surface area contributed by atoms with Crippen molar-refractivity contribution in [2.45, 2.75) is 19.3 Å². The molecule has 4 heteroatoms. The summed E-state index contributed by atoms with van der Waals surface area (Å²) in [6.07, 6.45) is 2.40. The van der Waals surface area contributed by atoms with Gasteiger partial charge < -0.3 is 0 Å². The largest absolute Gasteiger partial charge is 0.298 e. The predicted molar refractivity (Wildman–Crippen MR) is 36.2 cm³/mol. The number of ketones is 1. The van der Waals surface area contributed by atoms with Crippen LogP contribution in [0.1, 0.15) is 19.3 Å². The van der Waals surface area contributed by atoms with E-state index in [1.165, 1.54) is 5.01 Å². The van der Waals surface area contributed by atoms with Crippen molar-refractivity contribution < 1.29 is 4.79 Å². The molecule has 1 saturated heterocycles. The second-order valence-electron chi connectivity index (χ2n) is 2.47. The fourth-order valence-electron chi connectivity index (χ4n) is 1.05. The Morgan fingerprint density at radius 2 is 2.20 bits per heavy atom. The molecule has 0 N–H and O–H groups in total. The Labute approximate surface area is 59.1 Å². The molecule has 56 valence electrons. The minimum atomic E-state index is 0.122. The lowest BCUT2D eigenvalue weighted by Gasteiger charge is -2.08. The van der Waals surface area contributed by atoms with Gasteiger partial charge in [-0.15, -0.1) is 4.91 Å². The van der Waals surface area contributed by atoms with Gasteiger partial charge in [0.25, 0.3) is 0 Å². The fraction of sp³-hybridized carbons (Fsp3) is 0.833. The summed E-state index contributed by atoms with van der Waals surface area (Å²) < 4.78 is 0. The minimum absolute atomic E-state index is 0.122. The van der Waals surface area contributed by atoms with Crippen molar-refractivity contribution in [1.29, 1.82) is 0 Å². The highest BCUT2D eigenvalue weighted by Gasteiger charge is 2.13. The summed E-state index contributed by atoms with van der Waals surface area (Å²) in [6, 6.07) is 0. The highest BCUT2D eigenvalue weighted by molar-refractivity contribution is 5.80. The Balaban J connectivity index is 2.45. The minimum Gasteiger partial charge on any atom is -0.298 e. The lowest BCUT2D eigenvalue weighted by atomic mass is 10.2. The van der Waals surface area contributed by atoms with Crippen LogP contribution in [0.4, 0.5) is 0 Å². The van der Waals surface area contributed by atoms with Crippen LogP contribution in [0.2, 0.25) is 0 Å². The summed E-state index contributed by atoms with van der Waals surface area (Å²) >= 11 is 0. The van der Waals surface area contributed by atoms with Gasteiger partial charge in [-0.25, -0.2) is 0 Å². The molecular weight excluding hydrogens is 132 g/mol. The van der Waals surface area contributed by atoms with Gasteiger partial charge in [0.05, 0.1) is 11.8 Å². The quantitative estimate of drug-likeness (QED) is 0.507. The maximum Gasteiger partial charge on any atom is 0.153 e. The standard InChI is InChI=1S/C6H10N2O2/c9-6-3-1-2-4-8(5-6)7-10/h1-5H2. The van der Waals surface area contributed by atoms with Crippen LogP contribution < -0.4 is 0 Å². The summed E-state index contributed by atoms with van der Waals surface area (Å²) in [4.78, 5) is 20.8. The van der Waals surface area contributed by atoms with Crippen LogP contribution in [-0.4, -0.2) is 23.9 Å². The fourth-order valence-corrected chi connectivity index (χ4v) is 1.05. The number of hydrogen-bond donors (Lipinski definition) is 0. The van der Waals surface area contributed by atoms with Gasteiger partial charge in [-0.05, 0) is 12.8 Å². The Kier molecular flexibility index (Phi) is 2.36. The smallest absolute Gasteiger partial charge is 0.153 e. The van der Waals surface area contributed by atoms with E-state index in [4.69, 9.17) is 0 Å². The van der Waals surface area contributed by atoms with Gasteiger partial charge in [0.15, 0.2) is 5.78 Å². The molecule has 0 aliphatic carbocycles. The zero-order chi connectivity index (χ0) is 7.40. The molecule has 0 radical (unpaired) electrons. The number of nitrogens with zero attached hydrogens (tertiary/aromatic N) is 2. The van der Waals surface area contributed by atoms with E-state index in [0.29, 0.717) is 13.0 Å². The molecule has 1 rings (SSSR count). The number of hydrogen-bond acceptors (Lipinski definition) is 3. The van der Waals surface area contributed by atoms with E-state index in [1.807, 2.05) is 0 Å². The Morgan fingerprint density at radius 3 is 2.90 bits per heavy atom. The molecule has 1 heterocycles. The number of rotatable bonds is 1. The van der Waals surface area contributed by atoms with Gasteiger partial charge in [0, 0.05) is 13.0 Å². The summed E-state index contributed by atoms with van der Waals surface area (Å²) in [5.41, 5.74) is 0. The van der Waals surface area contributed by atoms with Crippen LogP contribution >= 0.6 is 0 Å². The predicted octanol–water partition coefficient (Wildman–Crippen LogP) is 0.723. The Morgan fingerprint density at radius 1 is 1.40 bits per heavy atom. The van der Waals surface area contributed by atoms with E-state index < -0.39 is 0 Å². The number of nitroso groups, excluding NO2 is 1. The average Bonchev–Trinajstić information content (AvgIpc) is 2.13. The third-order valence-corrected chi connectivity index (χ3v) is 1.60. The molecule has 1 aliphatic rings. The van der Waals surface area contributed by atoms with Gasteiger partial charge in [-0.3, -0.25) is 9.80 Å². The van der Waals surface area contributed by atoms with E-state index in [0.717, 1.165) is 12.8 Å². The Bertz CT molecular complexity index is 147. The highest BCUT2D eigenvalue weighted by Crippen LogP contribution is 2.06. The third kappa shape index (κ3) is 1.79. The average molecular weight is 142 g/mol. The van der Waals surface area contributed by atoms with E-state index in [9.17, 15) is 9.70 Å². The van der Waals surface area contributed by atoms with Crippen molar-refractivity contribution in [3.05, 3.63) is 4.91 Å². The first kappa shape index (κ1) is 7.18. The van der Waals surface area contributed by atoms with Crippen LogP contribution in [0.25, 0.3) is 0 Å². The topological polar surface area (TPSA) is 49.7 Å². The van der Waals surface area contributed by atoms with Crippen LogP contribution in [-0.2, 0) is 4.79 Å². The maximum absolute atomic E-state index is 10.8. The van der Waals surface area contributed by atoms with Crippen LogP contribution in [0.15, 0.2) is 5.29 Å². The molecular formula is C6H10N2O2. The zero-order valence-corrected chi connectivity index (χ0v) is 5.75. The highest BCUT2D eigenvalue weighted by atomic mass is 16.3. The van der Waals surface area contributed by atoms with Crippen molar-refractivity contribution in [3.8, 4) is 0 Å². The van der Waals surface area contributed by atoms with Gasteiger partial charge in [0.1, 0.15) is 0 Å². The zero-order valence-electron chi connectivity index (χ0n) is 5.75. The summed E-state index contributed by atoms with van der Waals surface area (Å²) in [5.74, 6) is 0.122. The molecule has 0 bridgehead atoms. The third-order valence-electron chi connectivity index (χ3n) is 1.60. The van der Waals surface area contributed by atoms with E-state index in [2.05, 4.69) is 5.29 Å². The van der Waals surface area contributed by atoms with Crippen molar-refractivity contribution in [3.63, 3.8) is 0 Å². The molecule has 1 aliphatic heterocycles. The first-order valence-electron chi connectivity index (χ1n) is 3.43. The van der Waals surface area contributed by atoms with Crippen LogP contribution in [0.3, 0.4) is 0 Å². The SMILES string of the molecule is O=NN1CCCCC(=O)C1. The van der Waals surface area contributed by atoms with E-state index in [1.54, 1.807) is 0 Å². The van der Waals surface area contributed by atoms with Crippen LogP contribution in [0, 0.1) is 4.91 Å². The van der Waals surface area contributed by atoms with Crippen molar-refractivity contribution >= 4 is 5.78 Å². The van der Waals surface area contributed by atoms with Crippen molar-refractivity contribution in [1.82, 2.24) is 5.01 Å². The molecule has 0 saturated carbocycles. The summed E-state index contributed by atoms with van der Waals surface area (Å²) in [5, 5.41) is 4.01. The van der Waals surface area contributed by atoms with E-state index >= 15 is 0 Å². The number of carbonyl (C=O) groups excluding carboxylic acids is 1. The summed E-state index contributed by atoms with van der Waals surface area (Å²) in [6.45, 7) is 0.846. The van der Waals surface area contributed by atoms with Gasteiger partial charge in [-0.2, -0.15) is 0 Å². The Hall–Kier alpha value is -0.930. The normalized spacial score (nSPS) is 20.4. The molecule has 0 amide bonds. The van der Waals surface area contributed by atoms with Gasteiger partial charge >= 0.3 is 0 Å². The molecule has 0 spiro atoms. The first-order valence-corrected chi connectivity index (χ1v) is 3.43. The number of carbonyl (C=O) groups is 1.